The number of aromatic nitrogens is 4. The molecule has 0 bridgehead atoms. The van der Waals surface area contributed by atoms with Gasteiger partial charge in [0.05, 0.1) is 18.1 Å². The molecule has 0 spiro atoms. The Morgan fingerprint density at radius 1 is 1.00 bits per heavy atom. The van der Waals surface area contributed by atoms with E-state index >= 15 is 0 Å². The molecule has 2 aliphatic rings. The lowest BCUT2D eigenvalue weighted by Gasteiger charge is -2.29. The van der Waals surface area contributed by atoms with Crippen molar-refractivity contribution in [2.24, 2.45) is 5.92 Å². The van der Waals surface area contributed by atoms with E-state index in [-0.39, 0.29) is 5.69 Å². The summed E-state index contributed by atoms with van der Waals surface area (Å²) in [7, 11) is 0. The summed E-state index contributed by atoms with van der Waals surface area (Å²) < 4.78 is 0. The van der Waals surface area contributed by atoms with Gasteiger partial charge in [0.2, 0.25) is 0 Å². The van der Waals surface area contributed by atoms with E-state index < -0.39 is 0 Å². The van der Waals surface area contributed by atoms with Crippen molar-refractivity contribution in [1.29, 1.82) is 5.26 Å². The van der Waals surface area contributed by atoms with Crippen molar-refractivity contribution in [2.45, 2.75) is 32.1 Å². The van der Waals surface area contributed by atoms with Crippen LogP contribution in [0.2, 0.25) is 0 Å². The number of nitrogens with zero attached hydrogens (tertiary/aromatic N) is 6. The summed E-state index contributed by atoms with van der Waals surface area (Å²) in [6, 6.07) is 12.6. The van der Waals surface area contributed by atoms with E-state index in [9.17, 15) is 0 Å². The highest BCUT2D eigenvalue weighted by Crippen LogP contribution is 2.31. The van der Waals surface area contributed by atoms with Gasteiger partial charge in [0.1, 0.15) is 17.6 Å². The second kappa shape index (κ2) is 11.1. The van der Waals surface area contributed by atoms with Crippen LogP contribution in [0, 0.1) is 17.2 Å². The number of rotatable bonds is 7. The van der Waals surface area contributed by atoms with Crippen molar-refractivity contribution in [1.82, 2.24) is 25.5 Å². The zero-order valence-corrected chi connectivity index (χ0v) is 19.9. The Bertz CT molecular complexity index is 1160. The number of nitriles is 1. The van der Waals surface area contributed by atoms with Crippen LogP contribution in [0.15, 0.2) is 42.7 Å². The van der Waals surface area contributed by atoms with E-state index in [2.05, 4.69) is 65.3 Å². The lowest BCUT2D eigenvalue weighted by molar-refractivity contribution is 0.390. The Labute approximate surface area is 206 Å². The third-order valence-electron chi connectivity index (χ3n) is 6.70. The largest absolute Gasteiger partial charge is 0.383 e. The maximum absolute atomic E-state index is 8.95. The quantitative estimate of drug-likeness (QED) is 0.473. The van der Waals surface area contributed by atoms with Crippen molar-refractivity contribution >= 4 is 23.0 Å². The molecule has 0 radical (unpaired) electrons. The van der Waals surface area contributed by atoms with Gasteiger partial charge in [-0.25, -0.2) is 9.97 Å². The molecule has 0 unspecified atom stereocenters. The molecule has 4 heterocycles. The van der Waals surface area contributed by atoms with Crippen LogP contribution in [-0.2, 0) is 0 Å². The molecule has 0 aliphatic carbocycles. The fraction of sp³-hybridized carbons (Fsp3) is 0.423. The van der Waals surface area contributed by atoms with Gasteiger partial charge in [-0.2, -0.15) is 5.26 Å². The highest BCUT2D eigenvalue weighted by Gasteiger charge is 2.17. The molecular formula is C26H31N9. The highest BCUT2D eigenvalue weighted by molar-refractivity contribution is 5.78. The zero-order valence-electron chi connectivity index (χ0n) is 19.9. The number of nitrogens with one attached hydrogen (secondary N) is 3. The molecule has 2 aromatic heterocycles. The maximum Gasteiger partial charge on any atom is 0.158 e. The number of piperidine rings is 2. The predicted octanol–water partition coefficient (Wildman–Crippen LogP) is 3.95. The van der Waals surface area contributed by atoms with Gasteiger partial charge in [-0.1, -0.05) is 12.1 Å². The van der Waals surface area contributed by atoms with E-state index in [4.69, 9.17) is 5.26 Å². The van der Waals surface area contributed by atoms with Gasteiger partial charge >= 0.3 is 0 Å². The Hall–Kier alpha value is -3.77. The first-order chi connectivity index (χ1) is 17.3. The lowest BCUT2D eigenvalue weighted by atomic mass is 9.98. The zero-order chi connectivity index (χ0) is 23.9. The molecule has 0 saturated carbocycles. The lowest BCUT2D eigenvalue weighted by Crippen LogP contribution is -2.31. The average Bonchev–Trinajstić information content (AvgIpc) is 2.93. The summed E-state index contributed by atoms with van der Waals surface area (Å²) in [5.74, 6) is 1.72. The van der Waals surface area contributed by atoms with Crippen molar-refractivity contribution in [3.05, 3.63) is 48.4 Å². The molecule has 2 aliphatic heterocycles. The minimum Gasteiger partial charge on any atom is -0.383 e. The molecule has 2 fully saturated rings. The number of hydrogen-bond donors (Lipinski definition) is 3. The van der Waals surface area contributed by atoms with Crippen molar-refractivity contribution in [2.75, 3.05) is 48.3 Å². The number of benzene rings is 1. The Morgan fingerprint density at radius 2 is 1.86 bits per heavy atom. The summed E-state index contributed by atoms with van der Waals surface area (Å²) >= 11 is 0. The van der Waals surface area contributed by atoms with Crippen LogP contribution in [0.1, 0.15) is 37.8 Å². The second-order valence-electron chi connectivity index (χ2n) is 9.19. The van der Waals surface area contributed by atoms with Crippen LogP contribution < -0.4 is 20.9 Å². The first-order valence-electron chi connectivity index (χ1n) is 12.5. The number of anilines is 4. The van der Waals surface area contributed by atoms with E-state index in [1.54, 1.807) is 0 Å². The van der Waals surface area contributed by atoms with Gasteiger partial charge in [-0.15, -0.1) is 10.2 Å². The SMILES string of the molecule is N#Cc1cnc(Nc2cc(NCC3CCNCC3)c(-c3cccc(N4CCCCC4)c3)nn2)cn1. The minimum absolute atomic E-state index is 0.273. The Kier molecular flexibility index (Phi) is 7.29. The van der Waals surface area contributed by atoms with E-state index in [1.165, 1.54) is 37.3 Å². The monoisotopic (exact) mass is 469 g/mol. The Balaban J connectivity index is 1.41. The smallest absolute Gasteiger partial charge is 0.158 e. The average molecular weight is 470 g/mol. The van der Waals surface area contributed by atoms with E-state index in [0.717, 1.165) is 62.5 Å². The molecule has 1 aromatic carbocycles. The molecule has 5 rings (SSSR count). The maximum atomic E-state index is 8.95. The summed E-state index contributed by atoms with van der Waals surface area (Å²) in [4.78, 5) is 10.8. The van der Waals surface area contributed by atoms with Crippen LogP contribution in [0.25, 0.3) is 11.3 Å². The van der Waals surface area contributed by atoms with Crippen LogP contribution in [0.3, 0.4) is 0 Å². The van der Waals surface area contributed by atoms with Crippen molar-refractivity contribution < 1.29 is 0 Å². The van der Waals surface area contributed by atoms with Crippen LogP contribution in [0.5, 0.6) is 0 Å². The Morgan fingerprint density at radius 3 is 2.63 bits per heavy atom. The predicted molar refractivity (Wildman–Crippen MR) is 138 cm³/mol. The molecule has 0 atom stereocenters. The van der Waals surface area contributed by atoms with Gasteiger partial charge < -0.3 is 20.9 Å². The molecule has 180 valence electrons. The normalized spacial score (nSPS) is 16.5. The molecular weight excluding hydrogens is 438 g/mol. The molecule has 9 nitrogen and oxygen atoms in total. The summed E-state index contributed by atoms with van der Waals surface area (Å²) in [6.45, 7) is 5.23. The van der Waals surface area contributed by atoms with Crippen molar-refractivity contribution in [3.8, 4) is 17.3 Å². The first-order valence-corrected chi connectivity index (χ1v) is 12.5. The molecule has 3 N–H and O–H groups in total. The molecule has 35 heavy (non-hydrogen) atoms. The number of hydrogen-bond acceptors (Lipinski definition) is 9. The molecule has 3 aromatic rings. The van der Waals surface area contributed by atoms with E-state index in [1.807, 2.05) is 12.1 Å². The van der Waals surface area contributed by atoms with Gasteiger partial charge in [0.15, 0.2) is 11.5 Å². The van der Waals surface area contributed by atoms with Gasteiger partial charge in [-0.3, -0.25) is 0 Å². The highest BCUT2D eigenvalue weighted by atomic mass is 15.2. The van der Waals surface area contributed by atoms with Gasteiger partial charge in [-0.05, 0) is 63.2 Å². The molecule has 2 saturated heterocycles. The first kappa shape index (κ1) is 23.0. The van der Waals surface area contributed by atoms with Crippen LogP contribution in [0.4, 0.5) is 23.0 Å². The van der Waals surface area contributed by atoms with Crippen molar-refractivity contribution in [3.63, 3.8) is 0 Å². The third kappa shape index (κ3) is 5.84. The van der Waals surface area contributed by atoms with Gasteiger partial charge in [0.25, 0.3) is 0 Å². The second-order valence-corrected chi connectivity index (χ2v) is 9.19. The minimum atomic E-state index is 0.273. The molecule has 0 amide bonds. The standard InChI is InChI=1S/C26H31N9/c27-15-21-17-31-25(18-29-21)32-24-14-23(30-16-19-7-9-28-10-8-19)26(34-33-24)20-5-4-6-22(13-20)35-11-2-1-3-12-35/h4-6,13-14,17-19,28H,1-3,7-12,16H2,(H2,30,31,32,33). The summed E-state index contributed by atoms with van der Waals surface area (Å²) in [6.07, 6.45) is 9.08. The topological polar surface area (TPSA) is 115 Å². The van der Waals surface area contributed by atoms with Gasteiger partial charge in [0, 0.05) is 37.0 Å². The summed E-state index contributed by atoms with van der Waals surface area (Å²) in [5.41, 5.74) is 4.35. The molecule has 9 heteroatoms. The summed E-state index contributed by atoms with van der Waals surface area (Å²) in [5, 5.41) is 28.3. The van der Waals surface area contributed by atoms with E-state index in [0.29, 0.717) is 17.6 Å². The van der Waals surface area contributed by atoms with Crippen LogP contribution >= 0.6 is 0 Å². The third-order valence-corrected chi connectivity index (χ3v) is 6.70. The van der Waals surface area contributed by atoms with Crippen LogP contribution in [-0.4, -0.2) is 52.9 Å². The fourth-order valence-electron chi connectivity index (χ4n) is 4.72. The fourth-order valence-corrected chi connectivity index (χ4v) is 4.72.